The zero-order chi connectivity index (χ0) is 18.4. The number of carbonyl (C=O) groups is 1. The van der Waals surface area contributed by atoms with Crippen molar-refractivity contribution >= 4 is 23.2 Å². The standard InChI is InChI=1S/C20H23ClN2O3/c1-25-18-4-2-3-15(11-18)12-20(24)22-17-6-5-16(19(21)13-17)14-23-7-9-26-10-8-23/h2-6,11,13H,7-10,12,14H2,1H3,(H,22,24). The third-order valence-corrected chi connectivity index (χ3v) is 4.69. The smallest absolute Gasteiger partial charge is 0.228 e. The van der Waals surface area contributed by atoms with Gasteiger partial charge in [0.25, 0.3) is 0 Å². The number of hydrogen-bond donors (Lipinski definition) is 1. The Morgan fingerprint density at radius 3 is 2.77 bits per heavy atom. The second-order valence-electron chi connectivity index (χ2n) is 6.27. The highest BCUT2D eigenvalue weighted by molar-refractivity contribution is 6.31. The Bertz CT molecular complexity index is 760. The first-order valence-corrected chi connectivity index (χ1v) is 9.03. The van der Waals surface area contributed by atoms with E-state index in [1.54, 1.807) is 13.2 Å². The SMILES string of the molecule is COc1cccc(CC(=O)Nc2ccc(CN3CCOCC3)c(Cl)c2)c1. The molecule has 1 heterocycles. The van der Waals surface area contributed by atoms with Gasteiger partial charge in [0.1, 0.15) is 5.75 Å². The molecule has 0 aliphatic carbocycles. The van der Waals surface area contributed by atoms with Crippen LogP contribution in [0.3, 0.4) is 0 Å². The van der Waals surface area contributed by atoms with Gasteiger partial charge in [-0.3, -0.25) is 9.69 Å². The van der Waals surface area contributed by atoms with Crippen LogP contribution in [0.15, 0.2) is 42.5 Å². The molecule has 6 heteroatoms. The maximum atomic E-state index is 12.3. The fraction of sp³-hybridized carbons (Fsp3) is 0.350. The normalized spacial score (nSPS) is 14.8. The zero-order valence-corrected chi connectivity index (χ0v) is 15.6. The Labute approximate surface area is 158 Å². The zero-order valence-electron chi connectivity index (χ0n) is 14.8. The molecule has 26 heavy (non-hydrogen) atoms. The number of benzene rings is 2. The number of anilines is 1. The number of ether oxygens (including phenoxy) is 2. The molecule has 5 nitrogen and oxygen atoms in total. The number of hydrogen-bond acceptors (Lipinski definition) is 4. The fourth-order valence-corrected chi connectivity index (χ4v) is 3.17. The van der Waals surface area contributed by atoms with Crippen molar-refractivity contribution in [3.8, 4) is 5.75 Å². The van der Waals surface area contributed by atoms with Gasteiger partial charge in [0.05, 0.1) is 26.7 Å². The molecular formula is C20H23ClN2O3. The molecule has 1 fully saturated rings. The summed E-state index contributed by atoms with van der Waals surface area (Å²) in [6, 6.07) is 13.2. The van der Waals surface area contributed by atoms with Crippen LogP contribution in [0.1, 0.15) is 11.1 Å². The minimum Gasteiger partial charge on any atom is -0.497 e. The topological polar surface area (TPSA) is 50.8 Å². The predicted molar refractivity (Wildman–Crippen MR) is 103 cm³/mol. The maximum absolute atomic E-state index is 12.3. The summed E-state index contributed by atoms with van der Waals surface area (Å²) in [6.07, 6.45) is 0.282. The molecule has 1 amide bonds. The Morgan fingerprint density at radius 1 is 1.23 bits per heavy atom. The van der Waals surface area contributed by atoms with Crippen LogP contribution in [0, 0.1) is 0 Å². The quantitative estimate of drug-likeness (QED) is 0.842. The van der Waals surface area contributed by atoms with Crippen LogP contribution >= 0.6 is 11.6 Å². The summed E-state index contributed by atoms with van der Waals surface area (Å²) in [5.41, 5.74) is 2.66. The van der Waals surface area contributed by atoms with E-state index in [2.05, 4.69) is 10.2 Å². The molecule has 1 aliphatic heterocycles. The lowest BCUT2D eigenvalue weighted by molar-refractivity contribution is -0.115. The number of halogens is 1. The van der Waals surface area contributed by atoms with Crippen LogP contribution in [-0.4, -0.2) is 44.2 Å². The molecule has 138 valence electrons. The highest BCUT2D eigenvalue weighted by Crippen LogP contribution is 2.23. The van der Waals surface area contributed by atoms with E-state index in [4.69, 9.17) is 21.1 Å². The largest absolute Gasteiger partial charge is 0.497 e. The molecule has 0 saturated carbocycles. The van der Waals surface area contributed by atoms with Gasteiger partial charge in [-0.05, 0) is 35.4 Å². The number of nitrogens with zero attached hydrogens (tertiary/aromatic N) is 1. The minimum atomic E-state index is -0.0877. The van der Waals surface area contributed by atoms with Gasteiger partial charge in [-0.25, -0.2) is 0 Å². The van der Waals surface area contributed by atoms with Gasteiger partial charge in [0.15, 0.2) is 0 Å². The Morgan fingerprint density at radius 2 is 2.04 bits per heavy atom. The summed E-state index contributed by atoms with van der Waals surface area (Å²) < 4.78 is 10.5. The van der Waals surface area contributed by atoms with Crippen LogP contribution in [0.25, 0.3) is 0 Å². The van der Waals surface area contributed by atoms with Gasteiger partial charge in [-0.15, -0.1) is 0 Å². The van der Waals surface area contributed by atoms with Gasteiger partial charge < -0.3 is 14.8 Å². The van der Waals surface area contributed by atoms with Gasteiger partial charge >= 0.3 is 0 Å². The van der Waals surface area contributed by atoms with Crippen LogP contribution in [0.4, 0.5) is 5.69 Å². The molecule has 2 aromatic carbocycles. The Balaban J connectivity index is 1.58. The average molecular weight is 375 g/mol. The molecule has 0 unspecified atom stereocenters. The number of rotatable bonds is 6. The van der Waals surface area contributed by atoms with E-state index < -0.39 is 0 Å². The highest BCUT2D eigenvalue weighted by atomic mass is 35.5. The highest BCUT2D eigenvalue weighted by Gasteiger charge is 2.13. The molecule has 1 saturated heterocycles. The molecule has 0 atom stereocenters. The molecule has 1 N–H and O–H groups in total. The lowest BCUT2D eigenvalue weighted by Gasteiger charge is -2.27. The molecule has 0 aromatic heterocycles. The van der Waals surface area contributed by atoms with Crippen molar-refractivity contribution in [3.05, 3.63) is 58.6 Å². The summed E-state index contributed by atoms with van der Waals surface area (Å²) in [5, 5.41) is 3.56. The molecular weight excluding hydrogens is 352 g/mol. The van der Waals surface area contributed by atoms with Gasteiger partial charge in [0, 0.05) is 30.3 Å². The van der Waals surface area contributed by atoms with Crippen LogP contribution in [0.5, 0.6) is 5.75 Å². The van der Waals surface area contributed by atoms with Crippen molar-refractivity contribution < 1.29 is 14.3 Å². The molecule has 3 rings (SSSR count). The van der Waals surface area contributed by atoms with Gasteiger partial charge in [-0.2, -0.15) is 0 Å². The van der Waals surface area contributed by atoms with E-state index in [-0.39, 0.29) is 12.3 Å². The fourth-order valence-electron chi connectivity index (χ4n) is 2.93. The first-order chi connectivity index (χ1) is 12.6. The summed E-state index contributed by atoms with van der Waals surface area (Å²) in [7, 11) is 1.61. The molecule has 1 aliphatic rings. The lowest BCUT2D eigenvalue weighted by Crippen LogP contribution is -2.35. The number of methoxy groups -OCH3 is 1. The second-order valence-corrected chi connectivity index (χ2v) is 6.68. The van der Waals surface area contributed by atoms with Crippen LogP contribution in [-0.2, 0) is 22.5 Å². The van der Waals surface area contributed by atoms with E-state index in [0.717, 1.165) is 49.7 Å². The summed E-state index contributed by atoms with van der Waals surface area (Å²) >= 11 is 6.41. The number of amides is 1. The lowest BCUT2D eigenvalue weighted by atomic mass is 10.1. The van der Waals surface area contributed by atoms with Gasteiger partial charge in [-0.1, -0.05) is 29.8 Å². The maximum Gasteiger partial charge on any atom is 0.228 e. The van der Waals surface area contributed by atoms with E-state index in [0.29, 0.717) is 10.7 Å². The van der Waals surface area contributed by atoms with Crippen molar-refractivity contribution in [2.75, 3.05) is 38.7 Å². The second kappa shape index (κ2) is 9.03. The van der Waals surface area contributed by atoms with E-state index in [9.17, 15) is 4.79 Å². The van der Waals surface area contributed by atoms with Crippen molar-refractivity contribution in [2.24, 2.45) is 0 Å². The third-order valence-electron chi connectivity index (χ3n) is 4.33. The average Bonchev–Trinajstić information content (AvgIpc) is 2.65. The van der Waals surface area contributed by atoms with Crippen LogP contribution < -0.4 is 10.1 Å². The molecule has 0 radical (unpaired) electrons. The number of nitrogens with one attached hydrogen (secondary N) is 1. The van der Waals surface area contributed by atoms with E-state index >= 15 is 0 Å². The number of morpholine rings is 1. The summed E-state index contributed by atoms with van der Waals surface area (Å²) in [4.78, 5) is 14.6. The van der Waals surface area contributed by atoms with Gasteiger partial charge in [0.2, 0.25) is 5.91 Å². The Hall–Kier alpha value is -2.08. The van der Waals surface area contributed by atoms with Crippen molar-refractivity contribution in [3.63, 3.8) is 0 Å². The number of carbonyl (C=O) groups excluding carboxylic acids is 1. The minimum absolute atomic E-state index is 0.0877. The van der Waals surface area contributed by atoms with E-state index in [1.807, 2.05) is 36.4 Å². The summed E-state index contributed by atoms with van der Waals surface area (Å²) in [5.74, 6) is 0.654. The third kappa shape index (κ3) is 5.21. The Kier molecular flexibility index (Phi) is 6.50. The molecule has 0 spiro atoms. The van der Waals surface area contributed by atoms with Crippen molar-refractivity contribution in [2.45, 2.75) is 13.0 Å². The van der Waals surface area contributed by atoms with Crippen molar-refractivity contribution in [1.82, 2.24) is 4.90 Å². The molecule has 2 aromatic rings. The predicted octanol–water partition coefficient (Wildman–Crippen LogP) is 3.36. The first-order valence-electron chi connectivity index (χ1n) is 8.65. The first kappa shape index (κ1) is 18.7. The summed E-state index contributed by atoms with van der Waals surface area (Å²) in [6.45, 7) is 4.14. The molecule has 0 bridgehead atoms. The van der Waals surface area contributed by atoms with E-state index in [1.165, 1.54) is 0 Å². The monoisotopic (exact) mass is 374 g/mol. The van der Waals surface area contributed by atoms with Crippen molar-refractivity contribution in [1.29, 1.82) is 0 Å². The van der Waals surface area contributed by atoms with Crippen LogP contribution in [0.2, 0.25) is 5.02 Å².